The van der Waals surface area contributed by atoms with Gasteiger partial charge in [0.25, 0.3) is 5.91 Å². The van der Waals surface area contributed by atoms with Gasteiger partial charge in [-0.05, 0) is 38.1 Å². The van der Waals surface area contributed by atoms with E-state index in [-0.39, 0.29) is 0 Å². The third-order valence-corrected chi connectivity index (χ3v) is 2.72. The number of anilines is 1. The quantitative estimate of drug-likeness (QED) is 0.686. The van der Waals surface area contributed by atoms with Gasteiger partial charge in [-0.25, -0.2) is 0 Å². The molecule has 0 unspecified atom stereocenters. The molecule has 4 N–H and O–H groups in total. The Balaban J connectivity index is 2.02. The number of nitrogens with zero attached hydrogens (tertiary/aromatic N) is 1. The first kappa shape index (κ1) is 10.9. The SMILES string of the molecule is NC(=O)c1cc(NC2CCNCC2)ccn1. The van der Waals surface area contributed by atoms with Crippen molar-refractivity contribution in [3.05, 3.63) is 24.0 Å². The minimum atomic E-state index is -0.492. The number of carbonyl (C=O) groups is 1. The Morgan fingerprint density at radius 2 is 2.25 bits per heavy atom. The van der Waals surface area contributed by atoms with Crippen LogP contribution in [0.4, 0.5) is 5.69 Å². The highest BCUT2D eigenvalue weighted by Gasteiger charge is 2.13. The molecule has 2 rings (SSSR count). The summed E-state index contributed by atoms with van der Waals surface area (Å²) in [6.45, 7) is 2.07. The van der Waals surface area contributed by atoms with E-state index in [4.69, 9.17) is 5.73 Å². The maximum Gasteiger partial charge on any atom is 0.267 e. The number of carbonyl (C=O) groups excluding carboxylic acids is 1. The number of piperidine rings is 1. The van der Waals surface area contributed by atoms with Crippen LogP contribution in [-0.4, -0.2) is 30.0 Å². The van der Waals surface area contributed by atoms with Gasteiger partial charge in [0.1, 0.15) is 5.69 Å². The van der Waals surface area contributed by atoms with Crippen LogP contribution in [0.3, 0.4) is 0 Å². The minimum absolute atomic E-state index is 0.305. The Bertz CT molecular complexity index is 374. The lowest BCUT2D eigenvalue weighted by Crippen LogP contribution is -2.35. The lowest BCUT2D eigenvalue weighted by Gasteiger charge is -2.24. The van der Waals surface area contributed by atoms with Gasteiger partial charge in [-0.1, -0.05) is 0 Å². The Hall–Kier alpha value is -1.62. The lowest BCUT2D eigenvalue weighted by molar-refractivity contribution is 0.0995. The van der Waals surface area contributed by atoms with Crippen molar-refractivity contribution in [1.29, 1.82) is 0 Å². The molecule has 1 saturated heterocycles. The van der Waals surface area contributed by atoms with Crippen molar-refractivity contribution in [3.63, 3.8) is 0 Å². The Labute approximate surface area is 94.4 Å². The van der Waals surface area contributed by atoms with Crippen LogP contribution in [0.1, 0.15) is 23.3 Å². The maximum atomic E-state index is 11.0. The van der Waals surface area contributed by atoms with Gasteiger partial charge in [0.05, 0.1) is 0 Å². The van der Waals surface area contributed by atoms with E-state index in [1.165, 1.54) is 0 Å². The molecule has 0 aliphatic carbocycles. The van der Waals surface area contributed by atoms with Crippen LogP contribution in [0.5, 0.6) is 0 Å². The molecule has 0 spiro atoms. The molecule has 16 heavy (non-hydrogen) atoms. The maximum absolute atomic E-state index is 11.0. The zero-order valence-electron chi connectivity index (χ0n) is 9.07. The largest absolute Gasteiger partial charge is 0.382 e. The second-order valence-corrected chi connectivity index (χ2v) is 3.96. The van der Waals surface area contributed by atoms with Crippen LogP contribution in [0.2, 0.25) is 0 Å². The highest BCUT2D eigenvalue weighted by Crippen LogP contribution is 2.13. The lowest BCUT2D eigenvalue weighted by atomic mass is 10.1. The van der Waals surface area contributed by atoms with E-state index in [9.17, 15) is 4.79 Å². The van der Waals surface area contributed by atoms with Crippen LogP contribution in [0, 0.1) is 0 Å². The van der Waals surface area contributed by atoms with E-state index in [0.717, 1.165) is 31.6 Å². The number of rotatable bonds is 3. The first-order valence-electron chi connectivity index (χ1n) is 5.49. The molecule has 1 amide bonds. The summed E-state index contributed by atoms with van der Waals surface area (Å²) in [5.74, 6) is -0.492. The molecule has 1 fully saturated rings. The molecule has 0 atom stereocenters. The van der Waals surface area contributed by atoms with Gasteiger partial charge in [-0.3, -0.25) is 9.78 Å². The Kier molecular flexibility index (Phi) is 3.36. The molecule has 5 heteroatoms. The number of pyridine rings is 1. The molecule has 86 valence electrons. The summed E-state index contributed by atoms with van der Waals surface area (Å²) >= 11 is 0. The highest BCUT2D eigenvalue weighted by atomic mass is 16.1. The van der Waals surface area contributed by atoms with Crippen molar-refractivity contribution >= 4 is 11.6 Å². The van der Waals surface area contributed by atoms with Crippen LogP contribution in [0.15, 0.2) is 18.3 Å². The van der Waals surface area contributed by atoms with Crippen molar-refractivity contribution < 1.29 is 4.79 Å². The van der Waals surface area contributed by atoms with Crippen LogP contribution < -0.4 is 16.4 Å². The van der Waals surface area contributed by atoms with Crippen LogP contribution in [0.25, 0.3) is 0 Å². The van der Waals surface area contributed by atoms with E-state index in [0.29, 0.717) is 11.7 Å². The standard InChI is InChI=1S/C11H16N4O/c12-11(16)10-7-9(3-6-14-10)15-8-1-4-13-5-2-8/h3,6-8,13H,1-2,4-5H2,(H2,12,16)(H,14,15). The summed E-state index contributed by atoms with van der Waals surface area (Å²) < 4.78 is 0. The zero-order valence-corrected chi connectivity index (χ0v) is 9.07. The van der Waals surface area contributed by atoms with Crippen LogP contribution in [-0.2, 0) is 0 Å². The first-order valence-corrected chi connectivity index (χ1v) is 5.49. The van der Waals surface area contributed by atoms with Gasteiger partial charge in [0.15, 0.2) is 0 Å². The molecule has 1 aromatic heterocycles. The zero-order chi connectivity index (χ0) is 11.4. The van der Waals surface area contributed by atoms with E-state index in [1.54, 1.807) is 12.3 Å². The van der Waals surface area contributed by atoms with Crippen molar-refractivity contribution in [3.8, 4) is 0 Å². The smallest absolute Gasteiger partial charge is 0.267 e. The Morgan fingerprint density at radius 1 is 1.50 bits per heavy atom. The molecule has 5 nitrogen and oxygen atoms in total. The van der Waals surface area contributed by atoms with E-state index >= 15 is 0 Å². The van der Waals surface area contributed by atoms with Crippen molar-refractivity contribution in [2.75, 3.05) is 18.4 Å². The predicted octanol–water partition coefficient (Wildman–Crippen LogP) is 0.344. The molecule has 2 heterocycles. The summed E-state index contributed by atoms with van der Waals surface area (Å²) in [6.07, 6.45) is 3.78. The highest BCUT2D eigenvalue weighted by molar-refractivity contribution is 5.91. The van der Waals surface area contributed by atoms with Gasteiger partial charge >= 0.3 is 0 Å². The number of nitrogens with two attached hydrogens (primary N) is 1. The van der Waals surface area contributed by atoms with Gasteiger partial charge in [0, 0.05) is 17.9 Å². The number of amides is 1. The third-order valence-electron chi connectivity index (χ3n) is 2.72. The molecule has 1 aliphatic rings. The molecular formula is C11H16N4O. The summed E-state index contributed by atoms with van der Waals surface area (Å²) in [7, 11) is 0. The number of hydrogen-bond acceptors (Lipinski definition) is 4. The third kappa shape index (κ3) is 2.70. The average molecular weight is 220 g/mol. The Morgan fingerprint density at radius 3 is 2.94 bits per heavy atom. The fourth-order valence-corrected chi connectivity index (χ4v) is 1.86. The fourth-order valence-electron chi connectivity index (χ4n) is 1.86. The number of primary amides is 1. The van der Waals surface area contributed by atoms with Crippen molar-refractivity contribution in [2.45, 2.75) is 18.9 Å². The molecule has 0 radical (unpaired) electrons. The number of aromatic nitrogens is 1. The van der Waals surface area contributed by atoms with E-state index < -0.39 is 5.91 Å². The number of hydrogen-bond donors (Lipinski definition) is 3. The van der Waals surface area contributed by atoms with Crippen LogP contribution >= 0.6 is 0 Å². The van der Waals surface area contributed by atoms with E-state index in [2.05, 4.69) is 15.6 Å². The average Bonchev–Trinajstić information content (AvgIpc) is 2.30. The molecule has 0 aromatic carbocycles. The molecule has 1 aliphatic heterocycles. The van der Waals surface area contributed by atoms with Crippen molar-refractivity contribution in [2.24, 2.45) is 5.73 Å². The molecule has 0 saturated carbocycles. The monoisotopic (exact) mass is 220 g/mol. The molecular weight excluding hydrogens is 204 g/mol. The second-order valence-electron chi connectivity index (χ2n) is 3.96. The van der Waals surface area contributed by atoms with Gasteiger partial charge < -0.3 is 16.4 Å². The summed E-state index contributed by atoms with van der Waals surface area (Å²) in [5.41, 5.74) is 6.39. The number of nitrogens with one attached hydrogen (secondary N) is 2. The van der Waals surface area contributed by atoms with Gasteiger partial charge in [-0.15, -0.1) is 0 Å². The molecule has 1 aromatic rings. The van der Waals surface area contributed by atoms with E-state index in [1.807, 2.05) is 6.07 Å². The van der Waals surface area contributed by atoms with Gasteiger partial charge in [-0.2, -0.15) is 0 Å². The van der Waals surface area contributed by atoms with Gasteiger partial charge in [0.2, 0.25) is 0 Å². The molecule has 0 bridgehead atoms. The normalized spacial score (nSPS) is 17.0. The predicted molar refractivity (Wildman–Crippen MR) is 62.3 cm³/mol. The summed E-state index contributed by atoms with van der Waals surface area (Å²) in [5, 5.41) is 6.69. The van der Waals surface area contributed by atoms with Crippen molar-refractivity contribution in [1.82, 2.24) is 10.3 Å². The summed E-state index contributed by atoms with van der Waals surface area (Å²) in [4.78, 5) is 14.9. The topological polar surface area (TPSA) is 80.0 Å². The minimum Gasteiger partial charge on any atom is -0.382 e. The second kappa shape index (κ2) is 4.94. The summed E-state index contributed by atoms with van der Waals surface area (Å²) in [6, 6.07) is 4.02. The first-order chi connectivity index (χ1) is 7.75. The fraction of sp³-hybridized carbons (Fsp3) is 0.455.